The maximum Gasteiger partial charge on any atom is 0.269 e. The van der Waals surface area contributed by atoms with E-state index in [0.29, 0.717) is 30.3 Å². The van der Waals surface area contributed by atoms with E-state index >= 15 is 0 Å². The van der Waals surface area contributed by atoms with Gasteiger partial charge in [-0.15, -0.1) is 0 Å². The third kappa shape index (κ3) is 5.63. The first-order chi connectivity index (χ1) is 12.3. The number of hydrogen-bond donors (Lipinski definition) is 4. The molecule has 2 rings (SSSR count). The molecule has 0 spiro atoms. The summed E-state index contributed by atoms with van der Waals surface area (Å²) < 4.78 is 26.4. The minimum Gasteiger partial charge on any atom is -0.356 e. The highest BCUT2D eigenvalue weighted by molar-refractivity contribution is 7.89. The first-order valence-corrected chi connectivity index (χ1v) is 10.4. The second-order valence-electron chi connectivity index (χ2n) is 6.43. The molecule has 4 N–H and O–H groups in total. The molecule has 1 amide bonds. The van der Waals surface area contributed by atoms with E-state index in [2.05, 4.69) is 16.2 Å². The predicted molar refractivity (Wildman–Crippen MR) is 103 cm³/mol. The Morgan fingerprint density at radius 3 is 2.35 bits per heavy atom. The topological polar surface area (TPSA) is 95.0 Å². The van der Waals surface area contributed by atoms with Gasteiger partial charge in [0.25, 0.3) is 5.91 Å². The van der Waals surface area contributed by atoms with Gasteiger partial charge in [0.05, 0.1) is 32.1 Å². The standard InChI is InChI=1S/C16H25N5O3S2/c1-20(2)12-9-17-16(25)19-18-15(22)13-5-7-14(8-6-13)26(23,24)21-10-3-4-11-21/h5-8H,3-4,9-12H2,1-2H3,(H,18,22)(H2,17,19,25)/p+1. The zero-order chi connectivity index (χ0) is 19.2. The predicted octanol–water partition coefficient (Wildman–Crippen LogP) is -1.28. The van der Waals surface area contributed by atoms with Gasteiger partial charge in [-0.3, -0.25) is 15.6 Å². The molecule has 1 heterocycles. The van der Waals surface area contributed by atoms with Crippen LogP contribution in [0.5, 0.6) is 0 Å². The number of hydrazine groups is 1. The molecule has 0 bridgehead atoms. The van der Waals surface area contributed by atoms with Crippen molar-refractivity contribution in [2.75, 3.05) is 40.3 Å². The molecule has 1 aromatic carbocycles. The third-order valence-electron chi connectivity index (χ3n) is 4.02. The van der Waals surface area contributed by atoms with Crippen LogP contribution in [0.3, 0.4) is 0 Å². The van der Waals surface area contributed by atoms with Gasteiger partial charge in [0.1, 0.15) is 0 Å². The van der Waals surface area contributed by atoms with E-state index in [0.717, 1.165) is 19.4 Å². The van der Waals surface area contributed by atoms with E-state index in [-0.39, 0.29) is 4.90 Å². The molecule has 144 valence electrons. The van der Waals surface area contributed by atoms with Gasteiger partial charge in [-0.25, -0.2) is 8.42 Å². The van der Waals surface area contributed by atoms with Crippen LogP contribution in [0, 0.1) is 0 Å². The van der Waals surface area contributed by atoms with Crippen LogP contribution >= 0.6 is 12.2 Å². The fraction of sp³-hybridized carbons (Fsp3) is 0.500. The fourth-order valence-corrected chi connectivity index (χ4v) is 4.18. The molecule has 0 saturated carbocycles. The molecule has 0 unspecified atom stereocenters. The SMILES string of the molecule is C[NH+](C)CCNC(=S)NNC(=O)c1ccc(S(=O)(=O)N2CCCC2)cc1. The lowest BCUT2D eigenvalue weighted by Gasteiger charge is -2.16. The average Bonchev–Trinajstić information content (AvgIpc) is 3.15. The van der Waals surface area contributed by atoms with Gasteiger partial charge in [-0.2, -0.15) is 4.31 Å². The molecule has 1 aliphatic heterocycles. The highest BCUT2D eigenvalue weighted by Crippen LogP contribution is 2.20. The van der Waals surface area contributed by atoms with Gasteiger partial charge in [0.15, 0.2) is 5.11 Å². The maximum atomic E-state index is 12.5. The summed E-state index contributed by atoms with van der Waals surface area (Å²) in [7, 11) is 0.599. The lowest BCUT2D eigenvalue weighted by atomic mass is 10.2. The average molecular weight is 401 g/mol. The van der Waals surface area contributed by atoms with Gasteiger partial charge < -0.3 is 10.2 Å². The number of amides is 1. The first-order valence-electron chi connectivity index (χ1n) is 8.54. The number of carbonyl (C=O) groups is 1. The number of likely N-dealkylation sites (N-methyl/N-ethyl adjacent to an activating group) is 1. The van der Waals surface area contributed by atoms with Crippen LogP contribution in [0.15, 0.2) is 29.2 Å². The molecule has 1 fully saturated rings. The summed E-state index contributed by atoms with van der Waals surface area (Å²) in [6.45, 7) is 2.68. The minimum atomic E-state index is -3.47. The van der Waals surface area contributed by atoms with E-state index in [1.807, 2.05) is 14.1 Å². The summed E-state index contributed by atoms with van der Waals surface area (Å²) in [5.41, 5.74) is 5.47. The summed E-state index contributed by atoms with van der Waals surface area (Å²) in [4.78, 5) is 13.6. The third-order valence-corrected chi connectivity index (χ3v) is 6.18. The summed E-state index contributed by atoms with van der Waals surface area (Å²) in [6, 6.07) is 5.90. The fourth-order valence-electron chi connectivity index (χ4n) is 2.51. The Labute approximate surface area is 159 Å². The monoisotopic (exact) mass is 400 g/mol. The van der Waals surface area contributed by atoms with Crippen molar-refractivity contribution >= 4 is 33.3 Å². The Bertz CT molecular complexity index is 729. The molecule has 1 aliphatic rings. The molecule has 1 aromatic rings. The van der Waals surface area contributed by atoms with Crippen LogP contribution in [0.1, 0.15) is 23.2 Å². The van der Waals surface area contributed by atoms with Gasteiger partial charge in [0.2, 0.25) is 10.0 Å². The molecule has 10 heteroatoms. The van der Waals surface area contributed by atoms with Crippen LogP contribution in [0.25, 0.3) is 0 Å². The molecule has 1 saturated heterocycles. The molecule has 0 atom stereocenters. The van der Waals surface area contributed by atoms with E-state index in [4.69, 9.17) is 12.2 Å². The van der Waals surface area contributed by atoms with Crippen LogP contribution in [-0.4, -0.2) is 64.0 Å². The summed E-state index contributed by atoms with van der Waals surface area (Å²) in [5, 5.41) is 3.31. The second-order valence-corrected chi connectivity index (χ2v) is 8.77. The van der Waals surface area contributed by atoms with Crippen molar-refractivity contribution in [3.63, 3.8) is 0 Å². The number of rotatable bonds is 6. The minimum absolute atomic E-state index is 0.201. The van der Waals surface area contributed by atoms with Crippen molar-refractivity contribution in [2.24, 2.45) is 0 Å². The number of sulfonamides is 1. The van der Waals surface area contributed by atoms with Crippen LogP contribution in [0.4, 0.5) is 0 Å². The van der Waals surface area contributed by atoms with E-state index < -0.39 is 15.9 Å². The molecule has 8 nitrogen and oxygen atoms in total. The number of hydrogen-bond acceptors (Lipinski definition) is 4. The van der Waals surface area contributed by atoms with Crippen molar-refractivity contribution in [2.45, 2.75) is 17.7 Å². The van der Waals surface area contributed by atoms with Crippen LogP contribution < -0.4 is 21.1 Å². The van der Waals surface area contributed by atoms with Crippen molar-refractivity contribution in [3.8, 4) is 0 Å². The van der Waals surface area contributed by atoms with Crippen molar-refractivity contribution in [1.29, 1.82) is 0 Å². The normalized spacial score (nSPS) is 15.0. The molecule has 0 aliphatic carbocycles. The van der Waals surface area contributed by atoms with Crippen molar-refractivity contribution < 1.29 is 18.1 Å². The van der Waals surface area contributed by atoms with Gasteiger partial charge in [-0.05, 0) is 49.3 Å². The van der Waals surface area contributed by atoms with E-state index in [1.165, 1.54) is 33.5 Å². The number of benzene rings is 1. The molecule has 26 heavy (non-hydrogen) atoms. The maximum absolute atomic E-state index is 12.5. The van der Waals surface area contributed by atoms with Gasteiger partial charge >= 0.3 is 0 Å². The Balaban J connectivity index is 1.87. The Morgan fingerprint density at radius 2 is 1.77 bits per heavy atom. The van der Waals surface area contributed by atoms with Crippen LogP contribution in [-0.2, 0) is 10.0 Å². The summed E-state index contributed by atoms with van der Waals surface area (Å²) in [6.07, 6.45) is 1.77. The Hall–Kier alpha value is -1.75. The number of carbonyl (C=O) groups excluding carboxylic acids is 1. The summed E-state index contributed by atoms with van der Waals surface area (Å²) in [5.74, 6) is -0.391. The van der Waals surface area contributed by atoms with E-state index in [1.54, 1.807) is 0 Å². The highest BCUT2D eigenvalue weighted by atomic mass is 32.2. The Morgan fingerprint density at radius 1 is 1.15 bits per heavy atom. The number of nitrogens with zero attached hydrogens (tertiary/aromatic N) is 1. The summed E-state index contributed by atoms with van der Waals surface area (Å²) >= 11 is 5.07. The Kier molecular flexibility index (Phi) is 7.33. The molecular weight excluding hydrogens is 374 g/mol. The number of nitrogens with one attached hydrogen (secondary N) is 4. The zero-order valence-corrected chi connectivity index (χ0v) is 16.7. The van der Waals surface area contributed by atoms with Gasteiger partial charge in [-0.1, -0.05) is 0 Å². The number of quaternary nitrogens is 1. The largest absolute Gasteiger partial charge is 0.356 e. The van der Waals surface area contributed by atoms with Crippen molar-refractivity contribution in [1.82, 2.24) is 20.5 Å². The lowest BCUT2D eigenvalue weighted by molar-refractivity contribution is -0.856. The lowest BCUT2D eigenvalue weighted by Crippen LogP contribution is -3.06. The van der Waals surface area contributed by atoms with E-state index in [9.17, 15) is 13.2 Å². The number of thiocarbonyl (C=S) groups is 1. The highest BCUT2D eigenvalue weighted by Gasteiger charge is 2.27. The van der Waals surface area contributed by atoms with Gasteiger partial charge in [0, 0.05) is 18.7 Å². The molecule has 0 aromatic heterocycles. The van der Waals surface area contributed by atoms with Crippen molar-refractivity contribution in [3.05, 3.63) is 29.8 Å². The molecular formula is C16H26N5O3S2+. The first kappa shape index (κ1) is 20.6. The molecule has 0 radical (unpaired) electrons. The van der Waals surface area contributed by atoms with Crippen LogP contribution in [0.2, 0.25) is 0 Å². The quantitative estimate of drug-likeness (QED) is 0.351. The second kappa shape index (κ2) is 9.26. The smallest absolute Gasteiger partial charge is 0.269 e. The zero-order valence-electron chi connectivity index (χ0n) is 15.0.